The minimum absolute atomic E-state index is 0.0938. The first-order valence-corrected chi connectivity index (χ1v) is 28.5. The van der Waals surface area contributed by atoms with Crippen molar-refractivity contribution in [1.82, 2.24) is 0 Å². The first-order chi connectivity index (χ1) is 34.5. The zero-order chi connectivity index (χ0) is 50.7. The van der Waals surface area contributed by atoms with E-state index in [-0.39, 0.29) is 31.1 Å². The van der Waals surface area contributed by atoms with Gasteiger partial charge in [0.15, 0.2) is 6.10 Å². The summed E-state index contributed by atoms with van der Waals surface area (Å²) in [6.45, 7) is 6.41. The molecule has 0 aliphatic rings. The van der Waals surface area contributed by atoms with E-state index in [4.69, 9.17) is 14.2 Å². The molecule has 6 heteroatoms. The third-order valence-corrected chi connectivity index (χ3v) is 11.7. The van der Waals surface area contributed by atoms with Crippen molar-refractivity contribution >= 4 is 17.9 Å². The van der Waals surface area contributed by atoms with Crippen molar-refractivity contribution in [2.24, 2.45) is 0 Å². The third-order valence-electron chi connectivity index (χ3n) is 11.7. The first kappa shape index (κ1) is 65.8. The molecule has 70 heavy (non-hydrogen) atoms. The fourth-order valence-corrected chi connectivity index (χ4v) is 7.44. The zero-order valence-electron chi connectivity index (χ0n) is 45.2. The van der Waals surface area contributed by atoms with Gasteiger partial charge in [-0.2, -0.15) is 0 Å². The highest BCUT2D eigenvalue weighted by Crippen LogP contribution is 2.14. The van der Waals surface area contributed by atoms with Gasteiger partial charge in [0, 0.05) is 19.3 Å². The summed E-state index contributed by atoms with van der Waals surface area (Å²) in [7, 11) is 0. The van der Waals surface area contributed by atoms with Crippen molar-refractivity contribution in [3.8, 4) is 0 Å². The van der Waals surface area contributed by atoms with Crippen LogP contribution in [0.15, 0.2) is 122 Å². The predicted molar refractivity (Wildman–Crippen MR) is 302 cm³/mol. The lowest BCUT2D eigenvalue weighted by Crippen LogP contribution is -2.30. The fourth-order valence-electron chi connectivity index (χ4n) is 7.44. The normalized spacial score (nSPS) is 13.0. The molecule has 6 nitrogen and oxygen atoms in total. The lowest BCUT2D eigenvalue weighted by molar-refractivity contribution is -0.167. The standard InChI is InChI=1S/C64H104O6/c1-4-7-10-13-16-19-22-23-24-25-26-27-28-29-30-31-32-33-34-35-36-37-38-39-40-41-43-45-48-51-54-57-63(66)69-60-61(59-68-62(65)56-53-50-47-44-21-18-15-12-9-6-3)70-64(67)58-55-52-49-46-42-20-17-14-11-8-5-2/h7,10,12,15-16,19,23-24,26-27,29-30,32-33,35-36,38-39,41,43,61H,4-6,8-9,11,13-14,17-18,20-22,25,28,31,34,37,40,42,44-60H2,1-3H3/b10-7-,15-12-,19-16-,24-23-,27-26-,30-29-,33-32-,36-35-,39-38-,43-41-. The van der Waals surface area contributed by atoms with Gasteiger partial charge in [-0.15, -0.1) is 0 Å². The molecule has 0 fully saturated rings. The third kappa shape index (κ3) is 54.7. The average molecular weight is 970 g/mol. The number of unbranched alkanes of at least 4 members (excludes halogenated alkanes) is 19. The average Bonchev–Trinajstić information content (AvgIpc) is 3.36. The van der Waals surface area contributed by atoms with Crippen molar-refractivity contribution in [3.05, 3.63) is 122 Å². The number of allylic oxidation sites excluding steroid dienone is 20. The van der Waals surface area contributed by atoms with Gasteiger partial charge in [-0.05, 0) is 109 Å². The van der Waals surface area contributed by atoms with E-state index in [1.807, 2.05) is 0 Å². The Kier molecular flexibility index (Phi) is 54.0. The van der Waals surface area contributed by atoms with Gasteiger partial charge in [-0.1, -0.05) is 239 Å². The second-order valence-corrected chi connectivity index (χ2v) is 18.5. The van der Waals surface area contributed by atoms with Crippen LogP contribution in [0.2, 0.25) is 0 Å². The van der Waals surface area contributed by atoms with Crippen LogP contribution in [0.25, 0.3) is 0 Å². The van der Waals surface area contributed by atoms with E-state index >= 15 is 0 Å². The highest BCUT2D eigenvalue weighted by Gasteiger charge is 2.19. The van der Waals surface area contributed by atoms with Gasteiger partial charge in [0.1, 0.15) is 13.2 Å². The Bertz CT molecular complexity index is 1490. The van der Waals surface area contributed by atoms with Crippen LogP contribution in [0.1, 0.15) is 245 Å². The molecule has 0 saturated heterocycles. The summed E-state index contributed by atoms with van der Waals surface area (Å²) in [5.41, 5.74) is 0. The van der Waals surface area contributed by atoms with Gasteiger partial charge in [-0.25, -0.2) is 0 Å². The largest absolute Gasteiger partial charge is 0.462 e. The lowest BCUT2D eigenvalue weighted by atomic mass is 10.1. The molecule has 0 amide bonds. The van der Waals surface area contributed by atoms with Crippen LogP contribution in [0.5, 0.6) is 0 Å². The van der Waals surface area contributed by atoms with E-state index in [1.54, 1.807) is 0 Å². The number of esters is 3. The summed E-state index contributed by atoms with van der Waals surface area (Å²) < 4.78 is 16.7. The molecule has 0 aromatic heterocycles. The number of carbonyl (C=O) groups is 3. The fraction of sp³-hybridized carbons (Fsp3) is 0.641. The summed E-state index contributed by atoms with van der Waals surface area (Å²) in [4.78, 5) is 37.9. The highest BCUT2D eigenvalue weighted by molar-refractivity contribution is 5.71. The highest BCUT2D eigenvalue weighted by atomic mass is 16.6. The number of hydrogen-bond acceptors (Lipinski definition) is 6. The molecule has 0 aromatic rings. The van der Waals surface area contributed by atoms with E-state index in [9.17, 15) is 14.4 Å². The van der Waals surface area contributed by atoms with E-state index in [2.05, 4.69) is 142 Å². The number of ether oxygens (including phenoxy) is 3. The molecule has 0 saturated carbocycles. The number of rotatable bonds is 50. The molecule has 0 aromatic carbocycles. The molecule has 0 N–H and O–H groups in total. The molecule has 0 heterocycles. The van der Waals surface area contributed by atoms with Crippen LogP contribution >= 0.6 is 0 Å². The Morgan fingerprint density at radius 1 is 0.300 bits per heavy atom. The molecule has 0 aliphatic carbocycles. The molecule has 0 bridgehead atoms. The minimum atomic E-state index is -0.794. The molecule has 0 aliphatic heterocycles. The van der Waals surface area contributed by atoms with Gasteiger partial charge in [0.2, 0.25) is 0 Å². The van der Waals surface area contributed by atoms with Crippen LogP contribution in [0.3, 0.4) is 0 Å². The van der Waals surface area contributed by atoms with Crippen LogP contribution in [-0.4, -0.2) is 37.2 Å². The summed E-state index contributed by atoms with van der Waals surface area (Å²) in [5.74, 6) is -0.942. The molecule has 0 spiro atoms. The Balaban J connectivity index is 4.28. The minimum Gasteiger partial charge on any atom is -0.462 e. The smallest absolute Gasteiger partial charge is 0.306 e. The maximum Gasteiger partial charge on any atom is 0.306 e. The van der Waals surface area contributed by atoms with E-state index in [0.29, 0.717) is 19.3 Å². The molecular formula is C64H104O6. The van der Waals surface area contributed by atoms with Gasteiger partial charge >= 0.3 is 17.9 Å². The molecule has 1 unspecified atom stereocenters. The van der Waals surface area contributed by atoms with Gasteiger partial charge in [0.05, 0.1) is 0 Å². The number of hydrogen-bond donors (Lipinski definition) is 0. The van der Waals surface area contributed by atoms with Crippen LogP contribution < -0.4 is 0 Å². The van der Waals surface area contributed by atoms with Crippen molar-refractivity contribution in [3.63, 3.8) is 0 Å². The summed E-state index contributed by atoms with van der Waals surface area (Å²) in [5, 5.41) is 0. The Labute approximate surface area is 431 Å². The Morgan fingerprint density at radius 3 is 0.957 bits per heavy atom. The maximum absolute atomic E-state index is 12.8. The predicted octanol–water partition coefficient (Wildman–Crippen LogP) is 19.3. The molecule has 1 atom stereocenters. The summed E-state index contributed by atoms with van der Waals surface area (Å²) in [6, 6.07) is 0. The lowest BCUT2D eigenvalue weighted by Gasteiger charge is -2.18. The number of carbonyl (C=O) groups excluding carboxylic acids is 3. The molecule has 396 valence electrons. The zero-order valence-corrected chi connectivity index (χ0v) is 45.2. The quantitative estimate of drug-likeness (QED) is 0.0262. The Morgan fingerprint density at radius 2 is 0.586 bits per heavy atom. The Hall–Kier alpha value is -4.19. The first-order valence-electron chi connectivity index (χ1n) is 28.5. The topological polar surface area (TPSA) is 78.9 Å². The van der Waals surface area contributed by atoms with Gasteiger partial charge in [0.25, 0.3) is 0 Å². The van der Waals surface area contributed by atoms with Crippen LogP contribution in [0.4, 0.5) is 0 Å². The molecular weight excluding hydrogens is 865 g/mol. The second kappa shape index (κ2) is 57.4. The summed E-state index contributed by atoms with van der Waals surface area (Å²) >= 11 is 0. The van der Waals surface area contributed by atoms with Crippen LogP contribution in [0, 0.1) is 0 Å². The monoisotopic (exact) mass is 969 g/mol. The molecule has 0 rings (SSSR count). The van der Waals surface area contributed by atoms with E-state index in [1.165, 1.54) is 64.2 Å². The van der Waals surface area contributed by atoms with Crippen molar-refractivity contribution in [2.45, 2.75) is 252 Å². The van der Waals surface area contributed by atoms with E-state index < -0.39 is 6.10 Å². The van der Waals surface area contributed by atoms with Gasteiger partial charge in [-0.3, -0.25) is 14.4 Å². The summed E-state index contributed by atoms with van der Waals surface area (Å²) in [6.07, 6.45) is 79.2. The SMILES string of the molecule is CC/C=C\C/C=C\C/C=C\C/C=C\C/C=C\C/C=C\C/C=C\C/C=C\C/C=C\CCCCCC(=O)OCC(COC(=O)CCCCCCC/C=C\CCC)OC(=O)CCCCCCCCCCCCC. The second-order valence-electron chi connectivity index (χ2n) is 18.5. The van der Waals surface area contributed by atoms with Gasteiger partial charge < -0.3 is 14.2 Å². The van der Waals surface area contributed by atoms with Crippen molar-refractivity contribution in [1.29, 1.82) is 0 Å². The van der Waals surface area contributed by atoms with E-state index in [0.717, 1.165) is 141 Å². The molecule has 0 radical (unpaired) electrons. The van der Waals surface area contributed by atoms with Crippen LogP contribution in [-0.2, 0) is 28.6 Å². The van der Waals surface area contributed by atoms with Crippen molar-refractivity contribution < 1.29 is 28.6 Å². The maximum atomic E-state index is 12.8. The van der Waals surface area contributed by atoms with Crippen molar-refractivity contribution in [2.75, 3.05) is 13.2 Å².